The third-order valence-electron chi connectivity index (χ3n) is 6.14. The maximum absolute atomic E-state index is 6.26. The lowest BCUT2D eigenvalue weighted by atomic mass is 10.0. The first-order valence-corrected chi connectivity index (χ1v) is 10.8. The highest BCUT2D eigenvalue weighted by Crippen LogP contribution is 2.36. The van der Waals surface area contributed by atoms with Gasteiger partial charge in [-0.15, -0.1) is 0 Å². The molecule has 31 heavy (non-hydrogen) atoms. The minimum atomic E-state index is 0.772. The molecule has 4 heteroatoms. The largest absolute Gasteiger partial charge is 0.497 e. The van der Waals surface area contributed by atoms with Crippen LogP contribution in [0.15, 0.2) is 71.1 Å². The smallest absolute Gasteiger partial charge is 0.176 e. The van der Waals surface area contributed by atoms with Crippen LogP contribution in [0.25, 0.3) is 22.3 Å². The number of benzene rings is 3. The lowest BCUT2D eigenvalue weighted by molar-refractivity contribution is 0.262. The normalized spacial score (nSPS) is 14.3. The summed E-state index contributed by atoms with van der Waals surface area (Å²) >= 11 is 0. The summed E-state index contributed by atoms with van der Waals surface area (Å²) in [5, 5.41) is 1.12. The number of aryl methyl sites for hydroxylation is 1. The minimum Gasteiger partial charge on any atom is -0.497 e. The van der Waals surface area contributed by atoms with E-state index >= 15 is 0 Å². The van der Waals surface area contributed by atoms with Crippen molar-refractivity contribution in [3.05, 3.63) is 83.4 Å². The molecular formula is C27H27NO3. The Morgan fingerprint density at radius 1 is 0.903 bits per heavy atom. The third-order valence-corrected chi connectivity index (χ3v) is 6.14. The van der Waals surface area contributed by atoms with Gasteiger partial charge in [0.25, 0.3) is 0 Å². The molecule has 0 aliphatic carbocycles. The fourth-order valence-corrected chi connectivity index (χ4v) is 4.50. The van der Waals surface area contributed by atoms with Gasteiger partial charge < -0.3 is 13.9 Å². The molecule has 158 valence electrons. The van der Waals surface area contributed by atoms with Crippen LogP contribution in [0, 0.1) is 0 Å². The van der Waals surface area contributed by atoms with Crippen LogP contribution in [0.5, 0.6) is 11.5 Å². The van der Waals surface area contributed by atoms with Crippen molar-refractivity contribution in [3.63, 3.8) is 0 Å². The van der Waals surface area contributed by atoms with Gasteiger partial charge in [-0.25, -0.2) is 0 Å². The van der Waals surface area contributed by atoms with Gasteiger partial charge >= 0.3 is 0 Å². The van der Waals surface area contributed by atoms with Crippen molar-refractivity contribution in [2.45, 2.75) is 25.9 Å². The van der Waals surface area contributed by atoms with E-state index in [0.717, 1.165) is 66.3 Å². The summed E-state index contributed by atoms with van der Waals surface area (Å²) in [6.45, 7) is 2.88. The fourth-order valence-electron chi connectivity index (χ4n) is 4.50. The molecule has 4 nitrogen and oxygen atoms in total. The number of furan rings is 1. The van der Waals surface area contributed by atoms with Gasteiger partial charge in [-0.05, 0) is 60.3 Å². The number of ether oxygens (including phenoxy) is 2. The summed E-state index contributed by atoms with van der Waals surface area (Å²) in [7, 11) is 3.42. The molecule has 1 aliphatic heterocycles. The zero-order chi connectivity index (χ0) is 21.2. The van der Waals surface area contributed by atoms with Crippen LogP contribution in [0.2, 0.25) is 0 Å². The second-order valence-electron chi connectivity index (χ2n) is 8.10. The zero-order valence-electron chi connectivity index (χ0n) is 18.1. The molecule has 0 radical (unpaired) electrons. The van der Waals surface area contributed by atoms with Crippen molar-refractivity contribution >= 4 is 11.0 Å². The third kappa shape index (κ3) is 3.91. The number of hydrogen-bond donors (Lipinski definition) is 0. The molecule has 0 bridgehead atoms. The van der Waals surface area contributed by atoms with Crippen LogP contribution in [-0.2, 0) is 19.5 Å². The molecule has 0 unspecified atom stereocenters. The van der Waals surface area contributed by atoms with E-state index in [2.05, 4.69) is 47.4 Å². The summed E-state index contributed by atoms with van der Waals surface area (Å²) in [5.41, 5.74) is 5.94. The number of nitrogens with zero attached hydrogens (tertiary/aromatic N) is 1. The predicted octanol–water partition coefficient (Wildman–Crippen LogP) is 6.07. The Labute approximate surface area is 183 Å². The van der Waals surface area contributed by atoms with Gasteiger partial charge in [0.05, 0.1) is 14.2 Å². The first kappa shape index (κ1) is 19.7. The second-order valence-corrected chi connectivity index (χ2v) is 8.10. The highest BCUT2D eigenvalue weighted by molar-refractivity contribution is 5.90. The molecule has 3 aromatic carbocycles. The van der Waals surface area contributed by atoms with E-state index in [1.54, 1.807) is 14.2 Å². The fraction of sp³-hybridized carbons (Fsp3) is 0.259. The molecule has 5 rings (SSSR count). The Bertz CT molecular complexity index is 1200. The van der Waals surface area contributed by atoms with Crippen molar-refractivity contribution < 1.29 is 13.9 Å². The number of fused-ring (bicyclic) bond motifs is 2. The molecule has 1 aliphatic rings. The zero-order valence-corrected chi connectivity index (χ0v) is 18.1. The van der Waals surface area contributed by atoms with Crippen molar-refractivity contribution in [3.8, 4) is 22.8 Å². The maximum atomic E-state index is 6.26. The predicted molar refractivity (Wildman–Crippen MR) is 124 cm³/mol. The van der Waals surface area contributed by atoms with E-state index < -0.39 is 0 Å². The van der Waals surface area contributed by atoms with E-state index in [1.165, 1.54) is 16.7 Å². The average molecular weight is 414 g/mol. The van der Waals surface area contributed by atoms with E-state index in [1.807, 2.05) is 24.3 Å². The van der Waals surface area contributed by atoms with Gasteiger partial charge in [-0.2, -0.15) is 0 Å². The molecule has 0 N–H and O–H groups in total. The standard InChI is InChI=1S/C27H27NO3/c1-29-23-12-10-21-17-28(14-6-9-20(21)15-23)18-22-11-13-25(30-2)27-24(22)16-26(31-27)19-7-4-3-5-8-19/h3-5,7-8,10-13,15-16H,6,9,14,17-18H2,1-2H3. The number of methoxy groups -OCH3 is 2. The number of rotatable bonds is 5. The molecule has 0 atom stereocenters. The molecule has 4 aromatic rings. The van der Waals surface area contributed by atoms with E-state index in [4.69, 9.17) is 13.9 Å². The summed E-state index contributed by atoms with van der Waals surface area (Å²) in [6, 6.07) is 23.0. The van der Waals surface area contributed by atoms with Crippen LogP contribution in [0.4, 0.5) is 0 Å². The minimum absolute atomic E-state index is 0.772. The number of hydrogen-bond acceptors (Lipinski definition) is 4. The van der Waals surface area contributed by atoms with Crippen molar-refractivity contribution in [1.82, 2.24) is 4.90 Å². The maximum Gasteiger partial charge on any atom is 0.176 e. The van der Waals surface area contributed by atoms with Gasteiger partial charge in [0.2, 0.25) is 0 Å². The lowest BCUT2D eigenvalue weighted by Gasteiger charge is -2.21. The van der Waals surface area contributed by atoms with Crippen LogP contribution in [0.1, 0.15) is 23.1 Å². The summed E-state index contributed by atoms with van der Waals surface area (Å²) < 4.78 is 17.3. The summed E-state index contributed by atoms with van der Waals surface area (Å²) in [4.78, 5) is 2.52. The van der Waals surface area contributed by atoms with Gasteiger partial charge in [-0.1, -0.05) is 42.5 Å². The average Bonchev–Trinajstić information content (AvgIpc) is 3.17. The molecule has 1 aromatic heterocycles. The Morgan fingerprint density at radius 2 is 1.77 bits per heavy atom. The van der Waals surface area contributed by atoms with Crippen molar-refractivity contribution in [2.24, 2.45) is 0 Å². The van der Waals surface area contributed by atoms with Crippen LogP contribution in [-0.4, -0.2) is 25.7 Å². The van der Waals surface area contributed by atoms with Crippen molar-refractivity contribution in [2.75, 3.05) is 20.8 Å². The molecule has 0 spiro atoms. The Kier molecular flexibility index (Phi) is 5.39. The molecule has 0 amide bonds. The molecule has 0 fully saturated rings. The van der Waals surface area contributed by atoms with Gasteiger partial charge in [0.1, 0.15) is 11.5 Å². The van der Waals surface area contributed by atoms with Gasteiger partial charge in [0, 0.05) is 24.0 Å². The van der Waals surface area contributed by atoms with E-state index in [9.17, 15) is 0 Å². The first-order chi connectivity index (χ1) is 15.2. The summed E-state index contributed by atoms with van der Waals surface area (Å²) in [5.74, 6) is 2.58. The monoisotopic (exact) mass is 413 g/mol. The van der Waals surface area contributed by atoms with Gasteiger partial charge in [-0.3, -0.25) is 4.90 Å². The Hall–Kier alpha value is -3.24. The van der Waals surface area contributed by atoms with Crippen LogP contribution < -0.4 is 9.47 Å². The topological polar surface area (TPSA) is 34.8 Å². The Balaban J connectivity index is 1.48. The van der Waals surface area contributed by atoms with Crippen LogP contribution >= 0.6 is 0 Å². The SMILES string of the molecule is COc1ccc2c(c1)CCCN(Cc1ccc(OC)c3oc(-c4ccccc4)cc13)C2. The molecule has 0 saturated carbocycles. The second kappa shape index (κ2) is 8.48. The quantitative estimate of drug-likeness (QED) is 0.398. The Morgan fingerprint density at radius 3 is 2.58 bits per heavy atom. The lowest BCUT2D eigenvalue weighted by Crippen LogP contribution is -2.22. The molecular weight excluding hydrogens is 386 g/mol. The first-order valence-electron chi connectivity index (χ1n) is 10.8. The summed E-state index contributed by atoms with van der Waals surface area (Å²) in [6.07, 6.45) is 2.23. The van der Waals surface area contributed by atoms with Gasteiger partial charge in [0.15, 0.2) is 11.3 Å². The van der Waals surface area contributed by atoms with E-state index in [-0.39, 0.29) is 0 Å². The molecule has 2 heterocycles. The van der Waals surface area contributed by atoms with E-state index in [0.29, 0.717) is 0 Å². The van der Waals surface area contributed by atoms with Crippen LogP contribution in [0.3, 0.4) is 0 Å². The van der Waals surface area contributed by atoms with Crippen molar-refractivity contribution in [1.29, 1.82) is 0 Å². The molecule has 0 saturated heterocycles. The highest BCUT2D eigenvalue weighted by Gasteiger charge is 2.19. The highest BCUT2D eigenvalue weighted by atomic mass is 16.5.